The lowest BCUT2D eigenvalue weighted by molar-refractivity contribution is -0.260. The van der Waals surface area contributed by atoms with Gasteiger partial charge >= 0.3 is 11.8 Å². The molecule has 2 aromatic carbocycles. The van der Waals surface area contributed by atoms with Gasteiger partial charge in [-0.2, -0.15) is 13.2 Å². The van der Waals surface area contributed by atoms with Crippen molar-refractivity contribution in [3.63, 3.8) is 0 Å². The predicted molar refractivity (Wildman–Crippen MR) is 123 cm³/mol. The fourth-order valence-electron chi connectivity index (χ4n) is 3.90. The molecular weight excluding hydrogens is 505 g/mol. The van der Waals surface area contributed by atoms with Crippen molar-refractivity contribution in [3.05, 3.63) is 62.5 Å². The number of nitrogens with zero attached hydrogens (tertiary/aromatic N) is 1. The number of fused-ring (bicyclic) bond motifs is 1. The van der Waals surface area contributed by atoms with Crippen LogP contribution in [0.1, 0.15) is 31.5 Å². The van der Waals surface area contributed by atoms with Crippen LogP contribution in [0.3, 0.4) is 0 Å². The van der Waals surface area contributed by atoms with E-state index in [4.69, 9.17) is 4.74 Å². The Kier molecular flexibility index (Phi) is 6.82. The van der Waals surface area contributed by atoms with Gasteiger partial charge in [-0.1, -0.05) is 41.0 Å². The molecule has 6 nitrogen and oxygen atoms in total. The molecule has 3 aromatic rings. The first-order valence-electron chi connectivity index (χ1n) is 10.0. The Balaban J connectivity index is 1.92. The van der Waals surface area contributed by atoms with E-state index in [0.29, 0.717) is 28.1 Å². The summed E-state index contributed by atoms with van der Waals surface area (Å²) in [5.74, 6) is 0.420. The third kappa shape index (κ3) is 5.16. The third-order valence-corrected chi connectivity index (χ3v) is 6.13. The second-order valence-electron chi connectivity index (χ2n) is 8.60. The van der Waals surface area contributed by atoms with E-state index in [1.54, 1.807) is 39.0 Å². The van der Waals surface area contributed by atoms with Crippen LogP contribution < -0.4 is 15.7 Å². The Bertz CT molecular complexity index is 1230. The van der Waals surface area contributed by atoms with Gasteiger partial charge in [0.05, 0.1) is 24.7 Å². The van der Waals surface area contributed by atoms with Crippen molar-refractivity contribution < 1.29 is 27.5 Å². The number of alkyl halides is 3. The van der Waals surface area contributed by atoms with Crippen molar-refractivity contribution >= 4 is 32.4 Å². The van der Waals surface area contributed by atoms with E-state index in [1.807, 2.05) is 0 Å². The summed E-state index contributed by atoms with van der Waals surface area (Å²) in [6.07, 6.45) is -5.53. The highest BCUT2D eigenvalue weighted by Crippen LogP contribution is 2.44. The summed E-state index contributed by atoms with van der Waals surface area (Å²) in [6.45, 7) is 4.08. The quantitative estimate of drug-likeness (QED) is 0.430. The molecule has 0 spiro atoms. The molecule has 0 saturated carbocycles. The number of hydrogen-bond donors (Lipinski definition) is 2. The summed E-state index contributed by atoms with van der Waals surface area (Å²) in [7, 11) is 1.44. The number of methoxy groups -OCH3 is 1. The van der Waals surface area contributed by atoms with Crippen LogP contribution in [0.2, 0.25) is 0 Å². The molecule has 0 fully saturated rings. The normalized spacial score (nSPS) is 14.2. The fraction of sp³-hybridized carbons (Fsp3) is 0.391. The highest BCUT2D eigenvalue weighted by molar-refractivity contribution is 9.10. The van der Waals surface area contributed by atoms with Gasteiger partial charge in [-0.05, 0) is 54.7 Å². The molecule has 3 rings (SSSR count). The maximum absolute atomic E-state index is 14.1. The molecular formula is C23H24BrF3N2O4. The van der Waals surface area contributed by atoms with Crippen molar-refractivity contribution in [3.8, 4) is 5.75 Å². The van der Waals surface area contributed by atoms with Crippen LogP contribution in [0.25, 0.3) is 10.8 Å². The number of anilines is 1. The smallest absolute Gasteiger partial charge is 0.418 e. The van der Waals surface area contributed by atoms with Gasteiger partial charge in [-0.3, -0.25) is 0 Å². The molecule has 0 amide bonds. The van der Waals surface area contributed by atoms with Gasteiger partial charge < -0.3 is 19.7 Å². The van der Waals surface area contributed by atoms with Crippen LogP contribution in [0.5, 0.6) is 5.75 Å². The topological polar surface area (TPSA) is 84.6 Å². The zero-order valence-corrected chi connectivity index (χ0v) is 20.1. The Labute approximate surface area is 196 Å². The molecule has 10 heteroatoms. The van der Waals surface area contributed by atoms with E-state index in [2.05, 4.69) is 30.9 Å². The third-order valence-electron chi connectivity index (χ3n) is 5.63. The number of aliphatic hydroxyl groups is 1. The van der Waals surface area contributed by atoms with E-state index in [9.17, 15) is 23.1 Å². The number of aryl methyl sites for hydroxylation is 1. The molecule has 33 heavy (non-hydrogen) atoms. The molecule has 0 aliphatic carbocycles. The second kappa shape index (κ2) is 8.98. The number of halogens is 4. The number of hydrogen-bond acceptors (Lipinski definition) is 6. The van der Waals surface area contributed by atoms with Gasteiger partial charge in [-0.15, -0.1) is 0 Å². The van der Waals surface area contributed by atoms with Crippen LogP contribution in [0, 0.1) is 6.92 Å². The molecule has 1 heterocycles. The first-order valence-corrected chi connectivity index (χ1v) is 10.8. The van der Waals surface area contributed by atoms with Gasteiger partial charge in [0, 0.05) is 15.5 Å². The van der Waals surface area contributed by atoms with Crippen molar-refractivity contribution in [1.29, 1.82) is 0 Å². The SMILES string of the molecule is COc1cc(Br)ccc1C(C)(C)CC(O)(CNc1ccc2c(=O)onc(C)c2c1)C(F)(F)F. The summed E-state index contributed by atoms with van der Waals surface area (Å²) in [5.41, 5.74) is -3.51. The first-order chi connectivity index (χ1) is 15.3. The van der Waals surface area contributed by atoms with Gasteiger partial charge in [-0.25, -0.2) is 4.79 Å². The number of nitrogens with one attached hydrogen (secondary N) is 1. The van der Waals surface area contributed by atoms with Gasteiger partial charge in [0.2, 0.25) is 0 Å². The van der Waals surface area contributed by atoms with Crippen LogP contribution in [-0.2, 0) is 5.41 Å². The predicted octanol–water partition coefficient (Wildman–Crippen LogP) is 5.34. The van der Waals surface area contributed by atoms with Crippen molar-refractivity contribution in [2.75, 3.05) is 19.0 Å². The number of aromatic nitrogens is 1. The lowest BCUT2D eigenvalue weighted by atomic mass is 9.74. The highest BCUT2D eigenvalue weighted by atomic mass is 79.9. The number of rotatable bonds is 7. The van der Waals surface area contributed by atoms with Crippen molar-refractivity contribution in [2.45, 2.75) is 44.4 Å². The van der Waals surface area contributed by atoms with Crippen LogP contribution >= 0.6 is 15.9 Å². The van der Waals surface area contributed by atoms with Crippen LogP contribution in [0.4, 0.5) is 18.9 Å². The minimum Gasteiger partial charge on any atom is -0.496 e. The highest BCUT2D eigenvalue weighted by Gasteiger charge is 2.56. The molecule has 2 N–H and O–H groups in total. The Morgan fingerprint density at radius 3 is 2.48 bits per heavy atom. The molecule has 1 unspecified atom stereocenters. The van der Waals surface area contributed by atoms with Gasteiger partial charge in [0.1, 0.15) is 5.75 Å². The van der Waals surface area contributed by atoms with Crippen LogP contribution in [-0.4, -0.2) is 35.7 Å². The summed E-state index contributed by atoms with van der Waals surface area (Å²) < 4.78 is 53.0. The number of ether oxygens (including phenoxy) is 1. The van der Waals surface area contributed by atoms with E-state index in [0.717, 1.165) is 4.47 Å². The number of benzene rings is 2. The standard InChI is InChI=1S/C23H24BrF3N2O4/c1-13-17-10-15(6-7-16(17)20(30)33-29-13)28-12-22(31,23(25,26)27)11-21(2,3)18-8-5-14(24)9-19(18)32-4/h5-10,28,31H,11-12H2,1-4H3. The van der Waals surface area contributed by atoms with Gasteiger partial charge in [0.15, 0.2) is 5.60 Å². The summed E-state index contributed by atoms with van der Waals surface area (Å²) in [5, 5.41) is 17.9. The van der Waals surface area contributed by atoms with E-state index in [1.165, 1.54) is 25.3 Å². The first kappa shape index (κ1) is 25.0. The zero-order valence-electron chi connectivity index (χ0n) is 18.5. The molecule has 0 bridgehead atoms. The van der Waals surface area contributed by atoms with Crippen molar-refractivity contribution in [2.24, 2.45) is 0 Å². The molecule has 1 aromatic heterocycles. The summed E-state index contributed by atoms with van der Waals surface area (Å²) >= 11 is 3.33. The molecule has 0 aliphatic heterocycles. The van der Waals surface area contributed by atoms with E-state index >= 15 is 0 Å². The van der Waals surface area contributed by atoms with E-state index < -0.39 is 35.8 Å². The Morgan fingerprint density at radius 2 is 1.85 bits per heavy atom. The molecule has 0 radical (unpaired) electrons. The summed E-state index contributed by atoms with van der Waals surface area (Å²) in [4.78, 5) is 11.8. The average molecular weight is 529 g/mol. The minimum atomic E-state index is -4.91. The largest absolute Gasteiger partial charge is 0.496 e. The lowest BCUT2D eigenvalue weighted by Gasteiger charge is -2.38. The van der Waals surface area contributed by atoms with E-state index in [-0.39, 0.29) is 5.39 Å². The Morgan fingerprint density at radius 1 is 1.15 bits per heavy atom. The van der Waals surface area contributed by atoms with Crippen molar-refractivity contribution in [1.82, 2.24) is 5.16 Å². The maximum Gasteiger partial charge on any atom is 0.418 e. The molecule has 0 saturated heterocycles. The maximum atomic E-state index is 14.1. The molecule has 0 aliphatic rings. The minimum absolute atomic E-state index is 0.266. The summed E-state index contributed by atoms with van der Waals surface area (Å²) in [6, 6.07) is 9.47. The average Bonchev–Trinajstić information content (AvgIpc) is 2.73. The fourth-order valence-corrected chi connectivity index (χ4v) is 4.24. The molecule has 1 atom stereocenters. The zero-order chi connectivity index (χ0) is 24.6. The monoisotopic (exact) mass is 528 g/mol. The molecule has 178 valence electrons. The van der Waals surface area contributed by atoms with Crippen LogP contribution in [0.15, 0.2) is 50.2 Å². The van der Waals surface area contributed by atoms with Gasteiger partial charge in [0.25, 0.3) is 0 Å². The lowest BCUT2D eigenvalue weighted by Crippen LogP contribution is -2.53. The Hall–Kier alpha value is -2.59. The second-order valence-corrected chi connectivity index (χ2v) is 9.52.